The highest BCUT2D eigenvalue weighted by atomic mass is 19.4. The number of carboxylic acid groups (broad SMARTS) is 1. The van der Waals surface area contributed by atoms with Crippen LogP contribution in [0.1, 0.15) is 18.2 Å². The predicted molar refractivity (Wildman–Crippen MR) is 98.4 cm³/mol. The minimum Gasteiger partial charge on any atom is -0.475 e. The summed E-state index contributed by atoms with van der Waals surface area (Å²) in [6.07, 6.45) is -2.97. The zero-order chi connectivity index (χ0) is 22.9. The molecule has 170 valence electrons. The largest absolute Gasteiger partial charge is 0.490 e. The number of nitrogens with zero attached hydrogens (tertiary/aromatic N) is 4. The van der Waals surface area contributed by atoms with Gasteiger partial charge in [-0.3, -0.25) is 14.3 Å². The van der Waals surface area contributed by atoms with Crippen LogP contribution in [0.5, 0.6) is 0 Å². The maximum atomic E-state index is 12.4. The summed E-state index contributed by atoms with van der Waals surface area (Å²) in [7, 11) is 5.46. The zero-order valence-corrected chi connectivity index (χ0v) is 17.0. The Morgan fingerprint density at radius 1 is 1.37 bits per heavy atom. The lowest BCUT2D eigenvalue weighted by Gasteiger charge is -2.33. The van der Waals surface area contributed by atoms with Crippen molar-refractivity contribution in [3.8, 4) is 0 Å². The van der Waals surface area contributed by atoms with Crippen LogP contribution in [-0.2, 0) is 25.7 Å². The molecule has 0 saturated heterocycles. The summed E-state index contributed by atoms with van der Waals surface area (Å²) >= 11 is 0. The number of alkyl halides is 3. The predicted octanol–water partition coefficient (Wildman–Crippen LogP) is 0.114. The van der Waals surface area contributed by atoms with Gasteiger partial charge in [0.05, 0.1) is 25.4 Å². The molecule has 1 aromatic rings. The van der Waals surface area contributed by atoms with E-state index in [-0.39, 0.29) is 11.8 Å². The van der Waals surface area contributed by atoms with E-state index in [1.165, 1.54) is 0 Å². The number of aromatic nitrogens is 2. The summed E-state index contributed by atoms with van der Waals surface area (Å²) in [4.78, 5) is 37.4. The summed E-state index contributed by atoms with van der Waals surface area (Å²) < 4.78 is 38.4. The van der Waals surface area contributed by atoms with E-state index in [0.717, 1.165) is 5.69 Å². The molecule has 10 nitrogen and oxygen atoms in total. The highest BCUT2D eigenvalue weighted by Gasteiger charge is 2.38. The third kappa shape index (κ3) is 7.99. The lowest BCUT2D eigenvalue weighted by Crippen LogP contribution is -2.47. The molecule has 1 unspecified atom stereocenters. The molecule has 2 N–H and O–H groups in total. The van der Waals surface area contributed by atoms with Crippen molar-refractivity contribution in [1.82, 2.24) is 24.9 Å². The van der Waals surface area contributed by atoms with Gasteiger partial charge in [0.2, 0.25) is 11.8 Å². The summed E-state index contributed by atoms with van der Waals surface area (Å²) in [5.74, 6) is -2.84. The van der Waals surface area contributed by atoms with Gasteiger partial charge in [0, 0.05) is 32.8 Å². The third-order valence-electron chi connectivity index (χ3n) is 4.07. The van der Waals surface area contributed by atoms with Gasteiger partial charge in [0.1, 0.15) is 6.04 Å². The lowest BCUT2D eigenvalue weighted by molar-refractivity contribution is -0.192. The molecule has 1 aliphatic heterocycles. The number of carbonyl (C=O) groups is 3. The van der Waals surface area contributed by atoms with Gasteiger partial charge in [-0.1, -0.05) is 0 Å². The number of amides is 2. The van der Waals surface area contributed by atoms with Crippen LogP contribution in [0.15, 0.2) is 12.3 Å². The minimum absolute atomic E-state index is 0.0563. The van der Waals surface area contributed by atoms with Crippen LogP contribution in [0.3, 0.4) is 0 Å². The Labute approximate surface area is 171 Å². The maximum absolute atomic E-state index is 12.4. The number of hydrogen-bond donors (Lipinski definition) is 2. The van der Waals surface area contributed by atoms with E-state index in [0.29, 0.717) is 39.2 Å². The lowest BCUT2D eigenvalue weighted by atomic mass is 10.1. The quantitative estimate of drug-likeness (QED) is 0.582. The van der Waals surface area contributed by atoms with E-state index in [2.05, 4.69) is 10.4 Å². The number of nitrogens with one attached hydrogen (secondary N) is 1. The number of fused-ring (bicyclic) bond motifs is 1. The van der Waals surface area contributed by atoms with Crippen LogP contribution in [0.4, 0.5) is 13.2 Å². The summed E-state index contributed by atoms with van der Waals surface area (Å²) in [6, 6.07) is 1.36. The molecule has 1 atom stereocenters. The number of aliphatic carboxylic acids is 1. The smallest absolute Gasteiger partial charge is 0.475 e. The van der Waals surface area contributed by atoms with Crippen LogP contribution in [0.25, 0.3) is 0 Å². The molecule has 0 bridgehead atoms. The van der Waals surface area contributed by atoms with Crippen molar-refractivity contribution in [2.24, 2.45) is 0 Å². The van der Waals surface area contributed by atoms with E-state index in [4.69, 9.17) is 14.6 Å². The number of rotatable bonds is 7. The maximum Gasteiger partial charge on any atom is 0.490 e. The summed E-state index contributed by atoms with van der Waals surface area (Å²) in [5.41, 5.74) is 0.876. The number of ether oxygens (including phenoxy) is 1. The molecule has 0 radical (unpaired) electrons. The Bertz CT molecular complexity index is 723. The first-order valence-corrected chi connectivity index (χ1v) is 8.99. The minimum atomic E-state index is -5.08. The highest BCUT2D eigenvalue weighted by Crippen LogP contribution is 2.21. The number of methoxy groups -OCH3 is 1. The van der Waals surface area contributed by atoms with E-state index in [9.17, 15) is 22.8 Å². The van der Waals surface area contributed by atoms with E-state index < -0.39 is 18.2 Å². The van der Waals surface area contributed by atoms with Crippen molar-refractivity contribution in [3.63, 3.8) is 0 Å². The van der Waals surface area contributed by atoms with Crippen LogP contribution >= 0.6 is 0 Å². The summed E-state index contributed by atoms with van der Waals surface area (Å²) in [6.45, 7) is 2.43. The second-order valence-corrected chi connectivity index (χ2v) is 6.70. The van der Waals surface area contributed by atoms with Crippen LogP contribution in [-0.4, -0.2) is 96.1 Å². The van der Waals surface area contributed by atoms with Crippen LogP contribution in [0, 0.1) is 0 Å². The molecule has 2 rings (SSSR count). The zero-order valence-electron chi connectivity index (χ0n) is 17.0. The van der Waals surface area contributed by atoms with Gasteiger partial charge in [-0.2, -0.15) is 18.3 Å². The van der Waals surface area contributed by atoms with Gasteiger partial charge in [-0.25, -0.2) is 4.79 Å². The molecule has 0 aromatic carbocycles. The Kier molecular flexibility index (Phi) is 9.72. The van der Waals surface area contributed by atoms with E-state index in [1.54, 1.807) is 22.9 Å². The van der Waals surface area contributed by atoms with Gasteiger partial charge < -0.3 is 25.0 Å². The molecule has 0 saturated carbocycles. The molecular formula is C17H26F3N5O5. The standard InChI is InChI=1S/C15H25N5O3.C2HF3O2/c1-18(2)8-5-14(21)19-10-12-4-6-17-20(12)13(11-19)15(22)16-7-9-23-3;3-2(4,5)1(6)7/h4,6,13H,5,7-11H2,1-3H3,(H,16,22);(H,6,7). The van der Waals surface area contributed by atoms with Crippen molar-refractivity contribution < 1.29 is 37.4 Å². The molecule has 1 aliphatic rings. The fourth-order valence-electron chi connectivity index (χ4n) is 2.55. The van der Waals surface area contributed by atoms with Crippen LogP contribution < -0.4 is 5.32 Å². The van der Waals surface area contributed by atoms with E-state index >= 15 is 0 Å². The van der Waals surface area contributed by atoms with Gasteiger partial charge >= 0.3 is 12.1 Å². The van der Waals surface area contributed by atoms with E-state index in [1.807, 2.05) is 25.1 Å². The van der Waals surface area contributed by atoms with Crippen molar-refractivity contribution in [2.45, 2.75) is 25.2 Å². The molecule has 0 spiro atoms. The first-order chi connectivity index (χ1) is 14.0. The second-order valence-electron chi connectivity index (χ2n) is 6.70. The molecule has 13 heteroatoms. The van der Waals surface area contributed by atoms with Gasteiger partial charge in [0.15, 0.2) is 0 Å². The van der Waals surface area contributed by atoms with Crippen molar-refractivity contribution >= 4 is 17.8 Å². The Balaban J connectivity index is 0.000000553. The number of halogens is 3. The SMILES string of the molecule is COCCNC(=O)C1CN(C(=O)CCN(C)C)Cc2ccnn21.O=C(O)C(F)(F)F. The summed E-state index contributed by atoms with van der Waals surface area (Å²) in [5, 5.41) is 14.2. The molecule has 1 aromatic heterocycles. The average molecular weight is 437 g/mol. The Morgan fingerprint density at radius 2 is 2.00 bits per heavy atom. The first kappa shape index (κ1) is 25.4. The molecule has 2 heterocycles. The fourth-order valence-corrected chi connectivity index (χ4v) is 2.55. The third-order valence-corrected chi connectivity index (χ3v) is 4.07. The topological polar surface area (TPSA) is 117 Å². The number of carbonyl (C=O) groups excluding carboxylic acids is 2. The number of hydrogen-bond acceptors (Lipinski definition) is 6. The van der Waals surface area contributed by atoms with Gasteiger partial charge in [-0.05, 0) is 20.2 Å². The van der Waals surface area contributed by atoms with Crippen LogP contribution in [0.2, 0.25) is 0 Å². The second kappa shape index (κ2) is 11.5. The van der Waals surface area contributed by atoms with Crippen molar-refractivity contribution in [1.29, 1.82) is 0 Å². The first-order valence-electron chi connectivity index (χ1n) is 8.99. The Hall–Kier alpha value is -2.67. The Morgan fingerprint density at radius 3 is 2.53 bits per heavy atom. The fraction of sp³-hybridized carbons (Fsp3) is 0.647. The molecule has 2 amide bonds. The highest BCUT2D eigenvalue weighted by molar-refractivity contribution is 5.82. The monoisotopic (exact) mass is 437 g/mol. The number of carboxylic acids is 1. The van der Waals surface area contributed by atoms with Gasteiger partial charge in [0.25, 0.3) is 0 Å². The van der Waals surface area contributed by atoms with Gasteiger partial charge in [-0.15, -0.1) is 0 Å². The van der Waals surface area contributed by atoms with Crippen molar-refractivity contribution in [2.75, 3.05) is 47.4 Å². The normalized spacial score (nSPS) is 15.8. The van der Waals surface area contributed by atoms with Crippen molar-refractivity contribution in [3.05, 3.63) is 18.0 Å². The molecule has 0 aliphatic carbocycles. The molecule has 0 fully saturated rings. The molecule has 30 heavy (non-hydrogen) atoms. The average Bonchev–Trinajstić information content (AvgIpc) is 3.13. The molecular weight excluding hydrogens is 411 g/mol.